The van der Waals surface area contributed by atoms with E-state index < -0.39 is 6.04 Å². The summed E-state index contributed by atoms with van der Waals surface area (Å²) in [7, 11) is 1.65. The van der Waals surface area contributed by atoms with E-state index in [1.807, 2.05) is 26.2 Å². The van der Waals surface area contributed by atoms with Crippen molar-refractivity contribution in [1.29, 1.82) is 0 Å². The first-order valence-corrected chi connectivity index (χ1v) is 6.84. The van der Waals surface area contributed by atoms with E-state index >= 15 is 0 Å². The summed E-state index contributed by atoms with van der Waals surface area (Å²) in [4.78, 5) is 16.1. The van der Waals surface area contributed by atoms with Gasteiger partial charge in [-0.15, -0.1) is 23.7 Å². The summed E-state index contributed by atoms with van der Waals surface area (Å²) < 4.78 is 5.19. The zero-order valence-electron chi connectivity index (χ0n) is 11.7. The van der Waals surface area contributed by atoms with Crippen LogP contribution in [0.3, 0.4) is 0 Å². The van der Waals surface area contributed by atoms with E-state index in [0.29, 0.717) is 6.54 Å². The number of halogens is 1. The quantitative estimate of drug-likeness (QED) is 0.841. The van der Waals surface area contributed by atoms with Gasteiger partial charge in [0.1, 0.15) is 11.1 Å². The number of ether oxygens (including phenoxy) is 1. The van der Waals surface area contributed by atoms with Crippen LogP contribution in [0.4, 0.5) is 0 Å². The molecule has 2 atom stereocenters. The Morgan fingerprint density at radius 1 is 1.53 bits per heavy atom. The average molecular weight is 308 g/mol. The number of carbonyl (C=O) groups is 1. The highest BCUT2D eigenvalue weighted by molar-refractivity contribution is 7.09. The van der Waals surface area contributed by atoms with E-state index in [0.717, 1.165) is 10.7 Å². The zero-order valence-corrected chi connectivity index (χ0v) is 13.3. The van der Waals surface area contributed by atoms with Crippen LogP contribution in [-0.2, 0) is 16.1 Å². The number of nitrogens with zero attached hydrogens (tertiary/aromatic N) is 1. The fraction of sp³-hybridized carbons (Fsp3) is 0.667. The summed E-state index contributed by atoms with van der Waals surface area (Å²) >= 11 is 1.53. The summed E-state index contributed by atoms with van der Waals surface area (Å²) in [5.74, 6) is -0.0103. The van der Waals surface area contributed by atoms with Gasteiger partial charge < -0.3 is 15.8 Å². The Morgan fingerprint density at radius 2 is 2.16 bits per heavy atom. The highest BCUT2D eigenvalue weighted by Crippen LogP contribution is 2.20. The number of nitrogens with one attached hydrogen (secondary N) is 1. The summed E-state index contributed by atoms with van der Waals surface area (Å²) in [5, 5.41) is 5.62. The molecule has 5 nitrogen and oxygen atoms in total. The van der Waals surface area contributed by atoms with E-state index in [1.54, 1.807) is 7.11 Å². The van der Waals surface area contributed by atoms with Gasteiger partial charge in [0, 0.05) is 12.5 Å². The number of aromatic nitrogens is 1. The lowest BCUT2D eigenvalue weighted by Crippen LogP contribution is -2.43. The summed E-state index contributed by atoms with van der Waals surface area (Å²) in [6, 6.07) is -0.471. The van der Waals surface area contributed by atoms with Crippen LogP contribution in [0.15, 0.2) is 5.38 Å². The number of carbonyl (C=O) groups excluding carboxylic acids is 1. The minimum Gasteiger partial charge on any atom is -0.375 e. The van der Waals surface area contributed by atoms with Gasteiger partial charge >= 0.3 is 0 Å². The number of amides is 1. The first-order chi connectivity index (χ1) is 8.45. The lowest BCUT2D eigenvalue weighted by Gasteiger charge is -2.14. The molecule has 0 bridgehead atoms. The van der Waals surface area contributed by atoms with Crippen LogP contribution < -0.4 is 11.1 Å². The molecule has 0 aliphatic rings. The predicted octanol–water partition coefficient (Wildman–Crippen LogP) is 1.87. The number of rotatable bonds is 6. The standard InChI is InChI=1S/C12H21N3O2S.ClH/c1-7(2)10(13)11(16)14-5-9-6-18-12(15-9)8(3)17-4;/h6-8,10H,5,13H2,1-4H3,(H,14,16);1H/t8?,10-;/m0./s1. The Hall–Kier alpha value is -0.690. The molecule has 1 aromatic rings. The van der Waals surface area contributed by atoms with Crippen molar-refractivity contribution in [2.24, 2.45) is 11.7 Å². The minimum absolute atomic E-state index is 0. The molecular weight excluding hydrogens is 286 g/mol. The van der Waals surface area contributed by atoms with Crippen molar-refractivity contribution in [3.8, 4) is 0 Å². The maximum absolute atomic E-state index is 11.7. The molecule has 0 spiro atoms. The lowest BCUT2D eigenvalue weighted by molar-refractivity contribution is -0.123. The van der Waals surface area contributed by atoms with E-state index in [4.69, 9.17) is 10.5 Å². The Balaban J connectivity index is 0.00000324. The highest BCUT2D eigenvalue weighted by atomic mass is 35.5. The summed E-state index contributed by atoms with van der Waals surface area (Å²) in [6.45, 7) is 6.19. The number of thiazole rings is 1. The molecule has 1 unspecified atom stereocenters. The lowest BCUT2D eigenvalue weighted by atomic mass is 10.1. The Morgan fingerprint density at radius 3 is 2.68 bits per heavy atom. The van der Waals surface area contributed by atoms with Crippen LogP contribution in [-0.4, -0.2) is 24.0 Å². The van der Waals surface area contributed by atoms with Crippen molar-refractivity contribution in [3.05, 3.63) is 16.1 Å². The molecule has 3 N–H and O–H groups in total. The minimum atomic E-state index is -0.471. The molecular formula is C12H22ClN3O2S. The van der Waals surface area contributed by atoms with Crippen molar-refractivity contribution >= 4 is 29.7 Å². The average Bonchev–Trinajstić information content (AvgIpc) is 2.82. The van der Waals surface area contributed by atoms with E-state index in [2.05, 4.69) is 10.3 Å². The zero-order chi connectivity index (χ0) is 13.7. The molecule has 0 saturated heterocycles. The summed E-state index contributed by atoms with van der Waals surface area (Å²) in [6.07, 6.45) is -0.0163. The first kappa shape index (κ1) is 18.3. The molecule has 0 aliphatic carbocycles. The molecule has 0 aliphatic heterocycles. The molecule has 1 rings (SSSR count). The smallest absolute Gasteiger partial charge is 0.237 e. The fourth-order valence-corrected chi connectivity index (χ4v) is 2.14. The van der Waals surface area contributed by atoms with Crippen LogP contribution in [0.5, 0.6) is 0 Å². The number of nitrogens with two attached hydrogens (primary N) is 1. The fourth-order valence-electron chi connectivity index (χ4n) is 1.29. The van der Waals surface area contributed by atoms with Crippen molar-refractivity contribution in [2.75, 3.05) is 7.11 Å². The van der Waals surface area contributed by atoms with Crippen molar-refractivity contribution in [3.63, 3.8) is 0 Å². The third kappa shape index (κ3) is 5.44. The van der Waals surface area contributed by atoms with Gasteiger partial charge in [-0.3, -0.25) is 4.79 Å². The molecule has 7 heteroatoms. The Labute approximate surface area is 124 Å². The second-order valence-electron chi connectivity index (χ2n) is 4.54. The number of hydrogen-bond acceptors (Lipinski definition) is 5. The molecule has 1 amide bonds. The van der Waals surface area contributed by atoms with Gasteiger partial charge in [-0.25, -0.2) is 4.98 Å². The Bertz CT molecular complexity index is 398. The van der Waals surface area contributed by atoms with Crippen LogP contribution in [0.2, 0.25) is 0 Å². The predicted molar refractivity (Wildman–Crippen MR) is 79.4 cm³/mol. The molecule has 0 saturated carbocycles. The maximum Gasteiger partial charge on any atom is 0.237 e. The SMILES string of the molecule is COC(C)c1nc(CNC(=O)[C@@H](N)C(C)C)cs1.Cl. The van der Waals surface area contributed by atoms with Gasteiger partial charge in [0.05, 0.1) is 18.3 Å². The summed E-state index contributed by atoms with van der Waals surface area (Å²) in [5.41, 5.74) is 6.59. The van der Waals surface area contributed by atoms with E-state index in [9.17, 15) is 4.79 Å². The van der Waals surface area contributed by atoms with Gasteiger partial charge in [0.25, 0.3) is 0 Å². The molecule has 1 aromatic heterocycles. The van der Waals surface area contributed by atoms with E-state index in [1.165, 1.54) is 11.3 Å². The number of hydrogen-bond donors (Lipinski definition) is 2. The maximum atomic E-state index is 11.7. The van der Waals surface area contributed by atoms with Crippen LogP contribution >= 0.6 is 23.7 Å². The second-order valence-corrected chi connectivity index (χ2v) is 5.43. The van der Waals surface area contributed by atoms with Gasteiger partial charge in [0.15, 0.2) is 0 Å². The normalized spacial score (nSPS) is 13.8. The first-order valence-electron chi connectivity index (χ1n) is 5.96. The topological polar surface area (TPSA) is 77.2 Å². The van der Waals surface area contributed by atoms with Gasteiger partial charge in [0.2, 0.25) is 5.91 Å². The second kappa shape index (κ2) is 8.47. The van der Waals surface area contributed by atoms with Crippen molar-refractivity contribution in [1.82, 2.24) is 10.3 Å². The molecule has 19 heavy (non-hydrogen) atoms. The monoisotopic (exact) mass is 307 g/mol. The molecule has 0 radical (unpaired) electrons. The molecule has 1 heterocycles. The molecule has 110 valence electrons. The molecule has 0 aromatic carbocycles. The van der Waals surface area contributed by atoms with Crippen LogP contribution in [0.1, 0.15) is 37.6 Å². The largest absolute Gasteiger partial charge is 0.375 e. The third-order valence-corrected chi connectivity index (χ3v) is 3.79. The van der Waals surface area contributed by atoms with Gasteiger partial charge in [-0.05, 0) is 12.8 Å². The van der Waals surface area contributed by atoms with E-state index in [-0.39, 0.29) is 30.3 Å². The van der Waals surface area contributed by atoms with Crippen LogP contribution in [0, 0.1) is 5.92 Å². The Kier molecular flexibility index (Phi) is 8.17. The van der Waals surface area contributed by atoms with Crippen LogP contribution in [0.25, 0.3) is 0 Å². The van der Waals surface area contributed by atoms with Gasteiger partial charge in [-0.1, -0.05) is 13.8 Å². The van der Waals surface area contributed by atoms with Crippen molar-refractivity contribution < 1.29 is 9.53 Å². The third-order valence-electron chi connectivity index (χ3n) is 2.74. The highest BCUT2D eigenvalue weighted by Gasteiger charge is 2.17. The van der Waals surface area contributed by atoms with Crippen molar-refractivity contribution in [2.45, 2.75) is 39.5 Å². The number of methoxy groups -OCH3 is 1. The molecule has 0 fully saturated rings. The van der Waals surface area contributed by atoms with Gasteiger partial charge in [-0.2, -0.15) is 0 Å².